The van der Waals surface area contributed by atoms with Crippen molar-refractivity contribution in [1.82, 2.24) is 0 Å². The van der Waals surface area contributed by atoms with E-state index in [-0.39, 0.29) is 11.9 Å². The minimum Gasteiger partial charge on any atom is -0.466 e. The molecule has 0 amide bonds. The molecule has 0 saturated carbocycles. The van der Waals surface area contributed by atoms with Crippen molar-refractivity contribution in [3.8, 4) is 0 Å². The summed E-state index contributed by atoms with van der Waals surface area (Å²) in [5.74, 6) is -0.280. The monoisotopic (exact) mass is 510 g/mol. The SMILES string of the molecule is CCC(I)CC(=O)OCCCCOC(=O)CC(I)CC. The van der Waals surface area contributed by atoms with Crippen LogP contribution in [0.2, 0.25) is 0 Å². The number of ether oxygens (including phenoxy) is 2. The zero-order chi connectivity index (χ0) is 15.4. The molecular formula is C14H24I2O4. The Morgan fingerprint density at radius 1 is 0.850 bits per heavy atom. The molecule has 0 aliphatic rings. The summed E-state index contributed by atoms with van der Waals surface area (Å²) in [6.07, 6.45) is 4.36. The van der Waals surface area contributed by atoms with Crippen LogP contribution in [0.4, 0.5) is 0 Å². The van der Waals surface area contributed by atoms with Crippen LogP contribution in [0.1, 0.15) is 52.4 Å². The fourth-order valence-electron chi connectivity index (χ4n) is 1.34. The van der Waals surface area contributed by atoms with Crippen LogP contribution in [0.5, 0.6) is 0 Å². The van der Waals surface area contributed by atoms with Gasteiger partial charge in [0.1, 0.15) is 0 Å². The van der Waals surface area contributed by atoms with Gasteiger partial charge < -0.3 is 9.47 Å². The lowest BCUT2D eigenvalue weighted by Crippen LogP contribution is -2.13. The lowest BCUT2D eigenvalue weighted by Gasteiger charge is -2.09. The number of carbonyl (C=O) groups is 2. The molecule has 0 aliphatic carbocycles. The van der Waals surface area contributed by atoms with Gasteiger partial charge in [-0.1, -0.05) is 59.0 Å². The van der Waals surface area contributed by atoms with Gasteiger partial charge >= 0.3 is 11.9 Å². The summed E-state index contributed by atoms with van der Waals surface area (Å²) in [5.41, 5.74) is 0. The molecule has 4 nitrogen and oxygen atoms in total. The maximum Gasteiger partial charge on any atom is 0.306 e. The molecule has 0 aromatic rings. The van der Waals surface area contributed by atoms with Gasteiger partial charge in [0.15, 0.2) is 0 Å². The third-order valence-corrected chi connectivity index (χ3v) is 5.37. The molecule has 0 saturated heterocycles. The van der Waals surface area contributed by atoms with Crippen LogP contribution in [0.25, 0.3) is 0 Å². The van der Waals surface area contributed by atoms with Crippen LogP contribution in [0.15, 0.2) is 0 Å². The fraction of sp³-hybridized carbons (Fsp3) is 0.857. The largest absolute Gasteiger partial charge is 0.466 e. The standard InChI is InChI=1S/C14H24I2O4/c1-3-11(15)9-13(17)19-7-5-6-8-20-14(18)10-12(16)4-2/h11-12H,3-10H2,1-2H3. The Bertz CT molecular complexity index is 256. The molecule has 0 aromatic carbocycles. The summed E-state index contributed by atoms with van der Waals surface area (Å²) in [4.78, 5) is 22.8. The number of hydrogen-bond acceptors (Lipinski definition) is 4. The quantitative estimate of drug-likeness (QED) is 0.182. The number of rotatable bonds is 11. The van der Waals surface area contributed by atoms with Crippen LogP contribution in [0.3, 0.4) is 0 Å². The second kappa shape index (κ2) is 13.1. The van der Waals surface area contributed by atoms with Gasteiger partial charge in [0.2, 0.25) is 0 Å². The summed E-state index contributed by atoms with van der Waals surface area (Å²) in [5, 5.41) is 0. The van der Waals surface area contributed by atoms with E-state index in [0.29, 0.717) is 33.9 Å². The second-order valence-corrected chi connectivity index (χ2v) is 8.09. The van der Waals surface area contributed by atoms with E-state index in [1.165, 1.54) is 0 Å². The van der Waals surface area contributed by atoms with E-state index in [0.717, 1.165) is 25.7 Å². The first-order chi connectivity index (χ1) is 9.49. The van der Waals surface area contributed by atoms with Gasteiger partial charge in [0, 0.05) is 7.85 Å². The molecule has 0 fully saturated rings. The summed E-state index contributed by atoms with van der Waals surface area (Å²) in [7, 11) is 0. The van der Waals surface area contributed by atoms with Gasteiger partial charge in [0.25, 0.3) is 0 Å². The van der Waals surface area contributed by atoms with Crippen LogP contribution in [-0.2, 0) is 19.1 Å². The Kier molecular flexibility index (Phi) is 13.4. The number of unbranched alkanes of at least 4 members (excludes halogenated alkanes) is 1. The second-order valence-electron chi connectivity index (χ2n) is 4.57. The van der Waals surface area contributed by atoms with Crippen LogP contribution >= 0.6 is 45.2 Å². The zero-order valence-electron chi connectivity index (χ0n) is 12.2. The Balaban J connectivity index is 3.44. The van der Waals surface area contributed by atoms with Gasteiger partial charge in [-0.2, -0.15) is 0 Å². The molecule has 2 unspecified atom stereocenters. The Hall–Kier alpha value is 0.400. The Labute approximate surface area is 149 Å². The van der Waals surface area contributed by atoms with Gasteiger partial charge in [0.05, 0.1) is 26.1 Å². The van der Waals surface area contributed by atoms with E-state index < -0.39 is 0 Å². The minimum atomic E-state index is -0.140. The predicted octanol–water partition coefficient (Wildman–Crippen LogP) is 4.06. The summed E-state index contributed by atoms with van der Waals surface area (Å²) in [6, 6.07) is 0. The van der Waals surface area contributed by atoms with Crippen LogP contribution in [0, 0.1) is 0 Å². The van der Waals surface area contributed by atoms with E-state index in [4.69, 9.17) is 9.47 Å². The first-order valence-corrected chi connectivity index (χ1v) is 9.58. The van der Waals surface area contributed by atoms with E-state index >= 15 is 0 Å². The molecule has 0 spiro atoms. The highest BCUT2D eigenvalue weighted by Gasteiger charge is 2.10. The number of alkyl halides is 2. The molecule has 0 N–H and O–H groups in total. The van der Waals surface area contributed by atoms with Crippen molar-refractivity contribution in [3.05, 3.63) is 0 Å². The van der Waals surface area contributed by atoms with Crippen molar-refractivity contribution >= 4 is 57.1 Å². The van der Waals surface area contributed by atoms with Crippen molar-refractivity contribution in [2.75, 3.05) is 13.2 Å². The van der Waals surface area contributed by atoms with E-state index in [9.17, 15) is 9.59 Å². The van der Waals surface area contributed by atoms with Crippen molar-refractivity contribution in [2.45, 2.75) is 60.2 Å². The summed E-state index contributed by atoms with van der Waals surface area (Å²) in [6.45, 7) is 4.93. The van der Waals surface area contributed by atoms with Crippen LogP contribution in [-0.4, -0.2) is 33.0 Å². The first kappa shape index (κ1) is 20.4. The van der Waals surface area contributed by atoms with E-state index in [1.807, 2.05) is 0 Å². The van der Waals surface area contributed by atoms with Gasteiger partial charge in [-0.25, -0.2) is 0 Å². The highest BCUT2D eigenvalue weighted by Crippen LogP contribution is 2.12. The molecule has 118 valence electrons. The molecule has 0 aliphatic heterocycles. The number of halogens is 2. The first-order valence-electron chi connectivity index (χ1n) is 7.08. The zero-order valence-corrected chi connectivity index (χ0v) is 16.5. The highest BCUT2D eigenvalue weighted by atomic mass is 127. The molecule has 0 radical (unpaired) electrons. The van der Waals surface area contributed by atoms with Crippen molar-refractivity contribution in [1.29, 1.82) is 0 Å². The average Bonchev–Trinajstić information content (AvgIpc) is 2.42. The maximum atomic E-state index is 11.4. The summed E-state index contributed by atoms with van der Waals surface area (Å²) >= 11 is 4.51. The molecular weight excluding hydrogens is 486 g/mol. The van der Waals surface area contributed by atoms with Crippen molar-refractivity contribution in [3.63, 3.8) is 0 Å². The molecule has 6 heteroatoms. The minimum absolute atomic E-state index is 0.140. The topological polar surface area (TPSA) is 52.6 Å². The lowest BCUT2D eigenvalue weighted by atomic mass is 10.2. The van der Waals surface area contributed by atoms with E-state index in [1.54, 1.807) is 0 Å². The van der Waals surface area contributed by atoms with Crippen LogP contribution < -0.4 is 0 Å². The third kappa shape index (κ3) is 12.2. The smallest absolute Gasteiger partial charge is 0.306 e. The Morgan fingerprint density at radius 3 is 1.50 bits per heavy atom. The number of hydrogen-bond donors (Lipinski definition) is 0. The maximum absolute atomic E-state index is 11.4. The normalized spacial score (nSPS) is 13.6. The third-order valence-electron chi connectivity index (χ3n) is 2.73. The Morgan fingerprint density at radius 2 is 1.20 bits per heavy atom. The lowest BCUT2D eigenvalue weighted by molar-refractivity contribution is -0.146. The molecule has 20 heavy (non-hydrogen) atoms. The molecule has 0 heterocycles. The van der Waals surface area contributed by atoms with E-state index in [2.05, 4.69) is 59.0 Å². The number of esters is 2. The van der Waals surface area contributed by atoms with Gasteiger partial charge in [-0.3, -0.25) is 9.59 Å². The molecule has 2 atom stereocenters. The average molecular weight is 510 g/mol. The van der Waals surface area contributed by atoms with Gasteiger partial charge in [-0.15, -0.1) is 0 Å². The fourth-order valence-corrected chi connectivity index (χ4v) is 2.06. The molecule has 0 aromatic heterocycles. The van der Waals surface area contributed by atoms with Crippen molar-refractivity contribution in [2.24, 2.45) is 0 Å². The van der Waals surface area contributed by atoms with Crippen molar-refractivity contribution < 1.29 is 19.1 Å². The summed E-state index contributed by atoms with van der Waals surface area (Å²) < 4.78 is 10.9. The number of carbonyl (C=O) groups excluding carboxylic acids is 2. The van der Waals surface area contributed by atoms with Gasteiger partial charge in [-0.05, 0) is 25.7 Å². The predicted molar refractivity (Wildman–Crippen MR) is 96.6 cm³/mol. The highest BCUT2D eigenvalue weighted by molar-refractivity contribution is 14.1. The molecule has 0 rings (SSSR count). The molecule has 0 bridgehead atoms.